The summed E-state index contributed by atoms with van der Waals surface area (Å²) in [6.07, 6.45) is 0.645. The number of thiazole rings is 1. The van der Waals surface area contributed by atoms with Crippen LogP contribution in [0.2, 0.25) is 0 Å². The SMILES string of the molecule is CC(=O)Oc1cc(NC(=O)OC(C)(C)C)ccc1C(=O)Nc1ncc(NO)s1. The molecule has 0 saturated carbocycles. The molecule has 1 aromatic heterocycles. The van der Waals surface area contributed by atoms with Crippen LogP contribution >= 0.6 is 11.3 Å². The number of amides is 2. The van der Waals surface area contributed by atoms with E-state index < -0.39 is 23.6 Å². The molecular formula is C17H20N4O6S. The van der Waals surface area contributed by atoms with Crippen molar-refractivity contribution in [2.45, 2.75) is 33.3 Å². The van der Waals surface area contributed by atoms with Crippen molar-refractivity contribution in [1.29, 1.82) is 0 Å². The van der Waals surface area contributed by atoms with Crippen LogP contribution in [0, 0.1) is 0 Å². The highest BCUT2D eigenvalue weighted by molar-refractivity contribution is 7.19. The van der Waals surface area contributed by atoms with Gasteiger partial charge >= 0.3 is 12.1 Å². The molecule has 0 atom stereocenters. The normalized spacial score (nSPS) is 10.8. The van der Waals surface area contributed by atoms with Crippen molar-refractivity contribution in [3.05, 3.63) is 30.0 Å². The molecule has 2 aromatic rings. The zero-order chi connectivity index (χ0) is 20.9. The van der Waals surface area contributed by atoms with Gasteiger partial charge in [0.05, 0.1) is 11.8 Å². The van der Waals surface area contributed by atoms with E-state index in [1.165, 1.54) is 31.3 Å². The van der Waals surface area contributed by atoms with Crippen LogP contribution in [0.1, 0.15) is 38.1 Å². The third-order valence-electron chi connectivity index (χ3n) is 2.96. The summed E-state index contributed by atoms with van der Waals surface area (Å²) < 4.78 is 10.3. The number of carbonyl (C=O) groups excluding carboxylic acids is 3. The first-order valence-corrected chi connectivity index (χ1v) is 8.89. The van der Waals surface area contributed by atoms with Crippen LogP contribution < -0.4 is 20.9 Å². The van der Waals surface area contributed by atoms with E-state index in [0.29, 0.717) is 5.00 Å². The highest BCUT2D eigenvalue weighted by Crippen LogP contribution is 2.27. The van der Waals surface area contributed by atoms with Gasteiger partial charge in [-0.15, -0.1) is 0 Å². The van der Waals surface area contributed by atoms with Gasteiger partial charge in [0.1, 0.15) is 16.4 Å². The number of hydrogen-bond donors (Lipinski definition) is 4. The molecule has 10 nitrogen and oxygen atoms in total. The predicted molar refractivity (Wildman–Crippen MR) is 103 cm³/mol. The summed E-state index contributed by atoms with van der Waals surface area (Å²) in [5.41, 5.74) is 1.58. The average Bonchev–Trinajstić information content (AvgIpc) is 3.00. The van der Waals surface area contributed by atoms with E-state index in [0.717, 1.165) is 11.3 Å². The molecule has 0 aliphatic heterocycles. The van der Waals surface area contributed by atoms with E-state index in [4.69, 9.17) is 14.7 Å². The van der Waals surface area contributed by atoms with Crippen molar-refractivity contribution in [3.8, 4) is 5.75 Å². The first-order chi connectivity index (χ1) is 13.1. The van der Waals surface area contributed by atoms with Gasteiger partial charge in [0.15, 0.2) is 5.13 Å². The maximum absolute atomic E-state index is 12.5. The highest BCUT2D eigenvalue weighted by atomic mass is 32.1. The fourth-order valence-electron chi connectivity index (χ4n) is 2.00. The lowest BCUT2D eigenvalue weighted by Crippen LogP contribution is -2.27. The van der Waals surface area contributed by atoms with Crippen LogP contribution in [-0.2, 0) is 9.53 Å². The van der Waals surface area contributed by atoms with Crippen molar-refractivity contribution < 1.29 is 29.1 Å². The van der Waals surface area contributed by atoms with Crippen LogP contribution in [0.3, 0.4) is 0 Å². The molecule has 0 aliphatic rings. The number of hydrogen-bond acceptors (Lipinski definition) is 9. The third-order valence-corrected chi connectivity index (χ3v) is 3.78. The molecule has 2 rings (SSSR count). The fraction of sp³-hybridized carbons (Fsp3) is 0.294. The smallest absolute Gasteiger partial charge is 0.412 e. The van der Waals surface area contributed by atoms with E-state index in [1.807, 2.05) is 5.48 Å². The lowest BCUT2D eigenvalue weighted by Gasteiger charge is -2.20. The molecular weight excluding hydrogens is 388 g/mol. The number of nitrogens with zero attached hydrogens (tertiary/aromatic N) is 1. The number of esters is 1. The summed E-state index contributed by atoms with van der Waals surface area (Å²) >= 11 is 1.01. The average molecular weight is 408 g/mol. The minimum atomic E-state index is -0.690. The summed E-state index contributed by atoms with van der Waals surface area (Å²) in [6, 6.07) is 4.19. The van der Waals surface area contributed by atoms with Crippen LogP contribution in [0.25, 0.3) is 0 Å². The number of nitrogens with one attached hydrogen (secondary N) is 3. The van der Waals surface area contributed by atoms with Gasteiger partial charge in [-0.3, -0.25) is 30.9 Å². The monoisotopic (exact) mass is 408 g/mol. The van der Waals surface area contributed by atoms with Gasteiger partial charge < -0.3 is 9.47 Å². The quantitative estimate of drug-likeness (QED) is 0.335. The number of benzene rings is 1. The standard InChI is InChI=1S/C17H20N4O6S/c1-9(22)26-12-7-10(19-16(24)27-17(2,3)4)5-6-11(12)14(23)20-15-18-8-13(21-25)28-15/h5-8,21,25H,1-4H3,(H,19,24)(H,18,20,23). The van der Waals surface area contributed by atoms with Gasteiger partial charge in [-0.1, -0.05) is 11.3 Å². The van der Waals surface area contributed by atoms with Gasteiger partial charge in [0.2, 0.25) is 0 Å². The van der Waals surface area contributed by atoms with Gasteiger partial charge in [0, 0.05) is 18.7 Å². The number of aromatic nitrogens is 1. The topological polar surface area (TPSA) is 139 Å². The Balaban J connectivity index is 2.22. The van der Waals surface area contributed by atoms with Gasteiger partial charge in [-0.2, -0.15) is 0 Å². The van der Waals surface area contributed by atoms with E-state index in [2.05, 4.69) is 15.6 Å². The Kier molecular flexibility index (Phi) is 6.54. The molecule has 0 aliphatic carbocycles. The molecule has 1 heterocycles. The van der Waals surface area contributed by atoms with Gasteiger partial charge in [-0.05, 0) is 32.9 Å². The summed E-state index contributed by atoms with van der Waals surface area (Å²) in [6.45, 7) is 6.36. The summed E-state index contributed by atoms with van der Waals surface area (Å²) in [5.74, 6) is -1.26. The van der Waals surface area contributed by atoms with Crippen molar-refractivity contribution in [1.82, 2.24) is 4.98 Å². The minimum Gasteiger partial charge on any atom is -0.444 e. The third kappa shape index (κ3) is 6.21. The Morgan fingerprint density at radius 2 is 1.89 bits per heavy atom. The number of carbonyl (C=O) groups is 3. The summed E-state index contributed by atoms with van der Waals surface area (Å²) in [7, 11) is 0. The van der Waals surface area contributed by atoms with E-state index >= 15 is 0 Å². The van der Waals surface area contributed by atoms with Crippen LogP contribution in [0.15, 0.2) is 24.4 Å². The molecule has 11 heteroatoms. The van der Waals surface area contributed by atoms with Crippen LogP contribution in [0.5, 0.6) is 5.75 Å². The molecule has 0 unspecified atom stereocenters. The Labute approximate surface area is 164 Å². The van der Waals surface area contributed by atoms with Crippen molar-refractivity contribution in [2.24, 2.45) is 0 Å². The summed E-state index contributed by atoms with van der Waals surface area (Å²) in [5, 5.41) is 14.4. The van der Waals surface area contributed by atoms with E-state index in [1.54, 1.807) is 20.8 Å². The second kappa shape index (κ2) is 8.67. The molecule has 0 spiro atoms. The van der Waals surface area contributed by atoms with Crippen LogP contribution in [0.4, 0.5) is 20.6 Å². The number of anilines is 3. The Morgan fingerprint density at radius 3 is 2.46 bits per heavy atom. The number of ether oxygens (including phenoxy) is 2. The fourth-order valence-corrected chi connectivity index (χ4v) is 2.60. The van der Waals surface area contributed by atoms with E-state index in [-0.39, 0.29) is 22.1 Å². The van der Waals surface area contributed by atoms with Gasteiger partial charge in [-0.25, -0.2) is 9.78 Å². The largest absolute Gasteiger partial charge is 0.444 e. The molecule has 1 aromatic carbocycles. The minimum absolute atomic E-state index is 0.0457. The zero-order valence-electron chi connectivity index (χ0n) is 15.7. The second-order valence-electron chi connectivity index (χ2n) is 6.53. The lowest BCUT2D eigenvalue weighted by molar-refractivity contribution is -0.131. The Hall–Kier alpha value is -3.18. The molecule has 28 heavy (non-hydrogen) atoms. The number of rotatable bonds is 5. The Morgan fingerprint density at radius 1 is 1.18 bits per heavy atom. The van der Waals surface area contributed by atoms with E-state index in [9.17, 15) is 14.4 Å². The molecule has 0 bridgehead atoms. The van der Waals surface area contributed by atoms with Gasteiger partial charge in [0.25, 0.3) is 5.91 Å². The molecule has 150 valence electrons. The highest BCUT2D eigenvalue weighted by Gasteiger charge is 2.19. The lowest BCUT2D eigenvalue weighted by atomic mass is 10.1. The maximum Gasteiger partial charge on any atom is 0.412 e. The van der Waals surface area contributed by atoms with Crippen molar-refractivity contribution in [2.75, 3.05) is 16.1 Å². The first kappa shape index (κ1) is 21.1. The molecule has 2 amide bonds. The van der Waals surface area contributed by atoms with Crippen molar-refractivity contribution in [3.63, 3.8) is 0 Å². The Bertz CT molecular complexity index is 890. The molecule has 4 N–H and O–H groups in total. The van der Waals surface area contributed by atoms with Crippen LogP contribution in [-0.4, -0.2) is 33.8 Å². The maximum atomic E-state index is 12.5. The predicted octanol–water partition coefficient (Wildman–Crippen LogP) is 3.47. The summed E-state index contributed by atoms with van der Waals surface area (Å²) in [4.78, 5) is 39.7. The molecule has 0 radical (unpaired) electrons. The van der Waals surface area contributed by atoms with Crippen molar-refractivity contribution >= 4 is 45.1 Å². The second-order valence-corrected chi connectivity index (χ2v) is 7.56. The molecule has 0 fully saturated rings. The molecule has 0 saturated heterocycles. The first-order valence-electron chi connectivity index (χ1n) is 8.07. The zero-order valence-corrected chi connectivity index (χ0v) is 16.5.